The minimum Gasteiger partial charge on any atom is -0.493 e. The first-order valence-corrected chi connectivity index (χ1v) is 8.94. The molecule has 1 unspecified atom stereocenters. The highest BCUT2D eigenvalue weighted by atomic mass is 16.5. The molecule has 1 saturated heterocycles. The number of nitrogens with one attached hydrogen (secondary N) is 1. The van der Waals surface area contributed by atoms with Gasteiger partial charge in [0.05, 0.1) is 14.2 Å². The molecule has 0 aliphatic carbocycles. The van der Waals surface area contributed by atoms with Crippen molar-refractivity contribution in [1.29, 1.82) is 0 Å². The maximum Gasteiger partial charge on any atom is 0.161 e. The Hall–Kier alpha value is -2.04. The largest absolute Gasteiger partial charge is 0.493 e. The van der Waals surface area contributed by atoms with E-state index in [0.717, 1.165) is 24.6 Å². The van der Waals surface area contributed by atoms with Gasteiger partial charge in [0.2, 0.25) is 0 Å². The summed E-state index contributed by atoms with van der Waals surface area (Å²) in [6.07, 6.45) is 2.58. The normalized spacial score (nSPS) is 17.6. The average molecular weight is 340 g/mol. The van der Waals surface area contributed by atoms with Crippen molar-refractivity contribution in [2.24, 2.45) is 0 Å². The summed E-state index contributed by atoms with van der Waals surface area (Å²) in [5.41, 5.74) is 3.60. The molecule has 25 heavy (non-hydrogen) atoms. The fourth-order valence-corrected chi connectivity index (χ4v) is 3.56. The summed E-state index contributed by atoms with van der Waals surface area (Å²) < 4.78 is 11.0. The first kappa shape index (κ1) is 17.8. The molecule has 1 N–H and O–H groups in total. The maximum atomic E-state index is 5.50. The summed E-state index contributed by atoms with van der Waals surface area (Å²) in [6.45, 7) is 3.03. The Morgan fingerprint density at radius 3 is 2.44 bits per heavy atom. The van der Waals surface area contributed by atoms with E-state index < -0.39 is 0 Å². The van der Waals surface area contributed by atoms with Crippen molar-refractivity contribution in [3.63, 3.8) is 0 Å². The van der Waals surface area contributed by atoms with Gasteiger partial charge in [-0.05, 0) is 55.3 Å². The van der Waals surface area contributed by atoms with E-state index in [4.69, 9.17) is 9.47 Å². The Morgan fingerprint density at radius 2 is 1.80 bits per heavy atom. The van der Waals surface area contributed by atoms with Crippen molar-refractivity contribution < 1.29 is 9.47 Å². The van der Waals surface area contributed by atoms with Crippen LogP contribution in [0.2, 0.25) is 0 Å². The van der Waals surface area contributed by atoms with E-state index in [-0.39, 0.29) is 0 Å². The van der Waals surface area contributed by atoms with Gasteiger partial charge in [0.25, 0.3) is 0 Å². The van der Waals surface area contributed by atoms with Crippen LogP contribution in [-0.2, 0) is 6.54 Å². The summed E-state index contributed by atoms with van der Waals surface area (Å²) in [5.74, 6) is 1.54. The van der Waals surface area contributed by atoms with Crippen LogP contribution in [0, 0.1) is 0 Å². The average Bonchev–Trinajstić information content (AvgIpc) is 3.07. The Balaban J connectivity index is 1.82. The van der Waals surface area contributed by atoms with Gasteiger partial charge in [0, 0.05) is 19.1 Å². The van der Waals surface area contributed by atoms with Crippen molar-refractivity contribution in [3.05, 3.63) is 48.0 Å². The number of nitrogens with zero attached hydrogens (tertiary/aromatic N) is 1. The zero-order chi connectivity index (χ0) is 17.6. The molecule has 0 aromatic heterocycles. The van der Waals surface area contributed by atoms with Crippen molar-refractivity contribution in [2.45, 2.75) is 25.4 Å². The highest BCUT2D eigenvalue weighted by molar-refractivity contribution is 5.71. The number of likely N-dealkylation sites (N-methyl/N-ethyl adjacent to an activating group) is 1. The SMILES string of the molecule is COc1cc(CNCC2CCCN2C)c(-c2ccccc2)cc1OC. The Labute approximate surface area is 150 Å². The molecule has 4 heteroatoms. The predicted octanol–water partition coefficient (Wildman–Crippen LogP) is 3.55. The quantitative estimate of drug-likeness (QED) is 0.836. The smallest absolute Gasteiger partial charge is 0.161 e. The van der Waals surface area contributed by atoms with Gasteiger partial charge in [-0.15, -0.1) is 0 Å². The van der Waals surface area contributed by atoms with Crippen LogP contribution in [0.25, 0.3) is 11.1 Å². The molecule has 1 fully saturated rings. The molecular weight excluding hydrogens is 312 g/mol. The summed E-state index contributed by atoms with van der Waals surface area (Å²) in [7, 11) is 5.58. The first-order chi connectivity index (χ1) is 12.2. The van der Waals surface area contributed by atoms with E-state index in [0.29, 0.717) is 6.04 Å². The lowest BCUT2D eigenvalue weighted by atomic mass is 9.98. The first-order valence-electron chi connectivity index (χ1n) is 8.94. The number of ether oxygens (including phenoxy) is 2. The van der Waals surface area contributed by atoms with E-state index in [2.05, 4.69) is 53.7 Å². The lowest BCUT2D eigenvalue weighted by Crippen LogP contribution is -2.35. The number of likely N-dealkylation sites (tertiary alicyclic amines) is 1. The highest BCUT2D eigenvalue weighted by Crippen LogP contribution is 2.35. The summed E-state index contributed by atoms with van der Waals surface area (Å²) in [4.78, 5) is 2.44. The lowest BCUT2D eigenvalue weighted by Gasteiger charge is -2.21. The third-order valence-corrected chi connectivity index (χ3v) is 5.06. The second-order valence-corrected chi connectivity index (χ2v) is 6.64. The van der Waals surface area contributed by atoms with Crippen molar-refractivity contribution >= 4 is 0 Å². The van der Waals surface area contributed by atoms with Gasteiger partial charge in [-0.3, -0.25) is 0 Å². The minimum absolute atomic E-state index is 0.639. The van der Waals surface area contributed by atoms with Crippen LogP contribution in [-0.4, -0.2) is 45.3 Å². The monoisotopic (exact) mass is 340 g/mol. The van der Waals surface area contributed by atoms with Gasteiger partial charge in [-0.2, -0.15) is 0 Å². The van der Waals surface area contributed by atoms with Crippen molar-refractivity contribution in [3.8, 4) is 22.6 Å². The van der Waals surface area contributed by atoms with Crippen LogP contribution in [0.5, 0.6) is 11.5 Å². The second-order valence-electron chi connectivity index (χ2n) is 6.64. The number of hydrogen-bond acceptors (Lipinski definition) is 4. The Bertz CT molecular complexity index is 688. The van der Waals surface area contributed by atoms with Crippen molar-refractivity contribution in [1.82, 2.24) is 10.2 Å². The zero-order valence-electron chi connectivity index (χ0n) is 15.4. The van der Waals surface area contributed by atoms with Gasteiger partial charge in [0.1, 0.15) is 0 Å². The third kappa shape index (κ3) is 4.14. The highest BCUT2D eigenvalue weighted by Gasteiger charge is 2.20. The van der Waals surface area contributed by atoms with E-state index in [1.54, 1.807) is 14.2 Å². The van der Waals surface area contributed by atoms with Crippen LogP contribution < -0.4 is 14.8 Å². The standard InChI is InChI=1S/C21H28N2O2/c1-23-11-7-10-18(23)15-22-14-17-12-20(24-2)21(25-3)13-19(17)16-8-5-4-6-9-16/h4-6,8-9,12-13,18,22H,7,10-11,14-15H2,1-3H3. The van der Waals surface area contributed by atoms with Gasteiger partial charge in [0.15, 0.2) is 11.5 Å². The predicted molar refractivity (Wildman–Crippen MR) is 102 cm³/mol. The van der Waals surface area contributed by atoms with E-state index >= 15 is 0 Å². The third-order valence-electron chi connectivity index (χ3n) is 5.06. The van der Waals surface area contributed by atoms with Crippen LogP contribution in [0.1, 0.15) is 18.4 Å². The van der Waals surface area contributed by atoms with Crippen molar-refractivity contribution in [2.75, 3.05) is 34.4 Å². The molecule has 1 aliphatic heterocycles. The lowest BCUT2D eigenvalue weighted by molar-refractivity contribution is 0.300. The summed E-state index contributed by atoms with van der Waals surface area (Å²) >= 11 is 0. The molecule has 134 valence electrons. The topological polar surface area (TPSA) is 33.7 Å². The number of rotatable bonds is 7. The fourth-order valence-electron chi connectivity index (χ4n) is 3.56. The van der Waals surface area contributed by atoms with E-state index in [9.17, 15) is 0 Å². The molecule has 3 rings (SSSR count). The number of hydrogen-bond donors (Lipinski definition) is 1. The van der Waals surface area contributed by atoms with Gasteiger partial charge < -0.3 is 19.7 Å². The second kappa shape index (κ2) is 8.37. The number of methoxy groups -OCH3 is 2. The molecular formula is C21H28N2O2. The molecule has 0 amide bonds. The number of benzene rings is 2. The molecule has 0 bridgehead atoms. The Morgan fingerprint density at radius 1 is 1.08 bits per heavy atom. The van der Waals surface area contributed by atoms with Gasteiger partial charge in [-0.1, -0.05) is 30.3 Å². The Kier molecular flexibility index (Phi) is 5.95. The van der Waals surface area contributed by atoms with Gasteiger partial charge in [-0.25, -0.2) is 0 Å². The molecule has 2 aromatic rings. The molecule has 0 spiro atoms. The molecule has 1 aliphatic rings. The van der Waals surface area contributed by atoms with Crippen LogP contribution in [0.3, 0.4) is 0 Å². The van der Waals surface area contributed by atoms with Crippen LogP contribution >= 0.6 is 0 Å². The summed E-state index contributed by atoms with van der Waals surface area (Å²) in [6, 6.07) is 15.2. The molecule has 1 heterocycles. The molecule has 0 saturated carbocycles. The summed E-state index contributed by atoms with van der Waals surface area (Å²) in [5, 5.41) is 3.63. The molecule has 0 radical (unpaired) electrons. The molecule has 4 nitrogen and oxygen atoms in total. The van der Waals surface area contributed by atoms with Gasteiger partial charge >= 0.3 is 0 Å². The minimum atomic E-state index is 0.639. The zero-order valence-corrected chi connectivity index (χ0v) is 15.4. The van der Waals surface area contributed by atoms with E-state index in [1.165, 1.54) is 36.1 Å². The van der Waals surface area contributed by atoms with E-state index in [1.807, 2.05) is 6.07 Å². The fraction of sp³-hybridized carbons (Fsp3) is 0.429. The van der Waals surface area contributed by atoms with Crippen LogP contribution in [0.4, 0.5) is 0 Å². The van der Waals surface area contributed by atoms with Crippen LogP contribution in [0.15, 0.2) is 42.5 Å². The maximum absolute atomic E-state index is 5.50. The molecule has 2 aromatic carbocycles. The molecule has 1 atom stereocenters.